The molecule has 0 aliphatic rings. The number of rotatable bonds is 5. The van der Waals surface area contributed by atoms with Gasteiger partial charge in [0, 0.05) is 26.6 Å². The first-order valence-corrected chi connectivity index (χ1v) is 4.26. The van der Waals surface area contributed by atoms with Crippen LogP contribution in [0.4, 0.5) is 0 Å². The predicted octanol–water partition coefficient (Wildman–Crippen LogP) is -0.0327. The second-order valence-electron chi connectivity index (χ2n) is 3.09. The molecule has 0 saturated heterocycles. The maximum Gasteiger partial charge on any atom is 0.235 e. The average molecular weight is 173 g/mol. The zero-order chi connectivity index (χ0) is 9.56. The van der Waals surface area contributed by atoms with Gasteiger partial charge in [0.1, 0.15) is 0 Å². The van der Waals surface area contributed by atoms with E-state index in [2.05, 4.69) is 10.7 Å². The number of nitrogens with zero attached hydrogens (tertiary/aromatic N) is 1. The molecule has 4 heteroatoms. The number of hydrogen-bond donors (Lipinski definition) is 2. The van der Waals surface area contributed by atoms with Crippen LogP contribution < -0.4 is 10.7 Å². The third kappa shape index (κ3) is 6.12. The quantitative estimate of drug-likeness (QED) is 0.574. The van der Waals surface area contributed by atoms with Gasteiger partial charge in [0.25, 0.3) is 0 Å². The molecule has 72 valence electrons. The molecule has 0 aromatic carbocycles. The van der Waals surface area contributed by atoms with Gasteiger partial charge in [-0.3, -0.25) is 10.2 Å². The van der Waals surface area contributed by atoms with Gasteiger partial charge < -0.3 is 5.32 Å². The van der Waals surface area contributed by atoms with Crippen molar-refractivity contribution in [2.75, 3.05) is 20.6 Å². The van der Waals surface area contributed by atoms with E-state index in [9.17, 15) is 4.79 Å². The summed E-state index contributed by atoms with van der Waals surface area (Å²) in [5, 5.41) is 4.82. The van der Waals surface area contributed by atoms with Crippen molar-refractivity contribution in [3.05, 3.63) is 0 Å². The number of carbonyl (C=O) groups excluding carboxylic acids is 1. The van der Waals surface area contributed by atoms with E-state index in [1.807, 2.05) is 13.8 Å². The summed E-state index contributed by atoms with van der Waals surface area (Å²) in [5.74, 6) is 0.0495. The van der Waals surface area contributed by atoms with E-state index in [4.69, 9.17) is 0 Å². The van der Waals surface area contributed by atoms with Gasteiger partial charge >= 0.3 is 0 Å². The average Bonchev–Trinajstić information content (AvgIpc) is 1.84. The van der Waals surface area contributed by atoms with Crippen LogP contribution >= 0.6 is 0 Å². The molecule has 1 amide bonds. The molecule has 2 N–H and O–H groups in total. The van der Waals surface area contributed by atoms with Crippen LogP contribution in [0.2, 0.25) is 0 Å². The Bertz CT molecular complexity index is 136. The first-order valence-electron chi connectivity index (χ1n) is 4.26. The Labute approximate surface area is 74.3 Å². The number of hydrogen-bond acceptors (Lipinski definition) is 3. The zero-order valence-electron chi connectivity index (χ0n) is 8.35. The van der Waals surface area contributed by atoms with Crippen LogP contribution in [-0.2, 0) is 4.79 Å². The topological polar surface area (TPSA) is 44.4 Å². The molecule has 0 spiro atoms. The molecule has 0 fully saturated rings. The van der Waals surface area contributed by atoms with E-state index in [1.54, 1.807) is 19.1 Å². The van der Waals surface area contributed by atoms with Gasteiger partial charge in [-0.25, -0.2) is 5.01 Å². The molecule has 0 bridgehead atoms. The molecular formula is C8H19N3O. The van der Waals surface area contributed by atoms with Crippen molar-refractivity contribution < 1.29 is 4.79 Å². The summed E-state index contributed by atoms with van der Waals surface area (Å²) >= 11 is 0. The van der Waals surface area contributed by atoms with Crippen molar-refractivity contribution in [3.63, 3.8) is 0 Å². The Morgan fingerprint density at radius 1 is 1.50 bits per heavy atom. The first-order chi connectivity index (χ1) is 5.56. The van der Waals surface area contributed by atoms with Crippen molar-refractivity contribution in [1.82, 2.24) is 15.8 Å². The first kappa shape index (κ1) is 11.4. The molecule has 1 unspecified atom stereocenters. The lowest BCUT2D eigenvalue weighted by Gasteiger charge is -2.15. The Balaban J connectivity index is 3.54. The normalized spacial score (nSPS) is 13.1. The van der Waals surface area contributed by atoms with E-state index in [1.165, 1.54) is 0 Å². The van der Waals surface area contributed by atoms with Crippen molar-refractivity contribution >= 4 is 5.91 Å². The third-order valence-corrected chi connectivity index (χ3v) is 1.39. The largest absolute Gasteiger partial charge is 0.314 e. The number of hydrazine groups is 1. The molecule has 4 nitrogen and oxygen atoms in total. The monoisotopic (exact) mass is 173 g/mol. The molecule has 12 heavy (non-hydrogen) atoms. The molecular weight excluding hydrogens is 154 g/mol. The Morgan fingerprint density at radius 3 is 2.50 bits per heavy atom. The number of carbonyl (C=O) groups is 1. The highest BCUT2D eigenvalue weighted by Gasteiger charge is 2.07. The van der Waals surface area contributed by atoms with Crippen molar-refractivity contribution in [1.29, 1.82) is 0 Å². The van der Waals surface area contributed by atoms with Crippen LogP contribution in [0.3, 0.4) is 0 Å². The number of nitrogens with one attached hydrogen (secondary N) is 2. The van der Waals surface area contributed by atoms with Crippen LogP contribution in [0.25, 0.3) is 0 Å². The predicted molar refractivity (Wildman–Crippen MR) is 49.6 cm³/mol. The van der Waals surface area contributed by atoms with Crippen LogP contribution in [0.5, 0.6) is 0 Å². The van der Waals surface area contributed by atoms with E-state index in [-0.39, 0.29) is 11.9 Å². The standard InChI is InChI=1S/C8H19N3O/c1-5-9-7(2)6-8(12)10-11(3)4/h7,9H,5-6H2,1-4H3,(H,10,12). The fraction of sp³-hybridized carbons (Fsp3) is 0.875. The lowest BCUT2D eigenvalue weighted by atomic mass is 10.2. The van der Waals surface area contributed by atoms with E-state index >= 15 is 0 Å². The lowest BCUT2D eigenvalue weighted by Crippen LogP contribution is -2.40. The summed E-state index contributed by atoms with van der Waals surface area (Å²) in [5.41, 5.74) is 2.69. The smallest absolute Gasteiger partial charge is 0.235 e. The molecule has 0 aromatic rings. The van der Waals surface area contributed by atoms with Gasteiger partial charge in [-0.2, -0.15) is 0 Å². The van der Waals surface area contributed by atoms with Gasteiger partial charge in [-0.1, -0.05) is 6.92 Å². The SMILES string of the molecule is CCNC(C)CC(=O)NN(C)C. The molecule has 0 aliphatic carbocycles. The minimum atomic E-state index is 0.0495. The third-order valence-electron chi connectivity index (χ3n) is 1.39. The second-order valence-corrected chi connectivity index (χ2v) is 3.09. The highest BCUT2D eigenvalue weighted by atomic mass is 16.2. The fourth-order valence-electron chi connectivity index (χ4n) is 0.994. The van der Waals surface area contributed by atoms with Gasteiger partial charge in [0.15, 0.2) is 0 Å². The highest BCUT2D eigenvalue weighted by molar-refractivity contribution is 5.75. The summed E-state index contributed by atoms with van der Waals surface area (Å²) in [4.78, 5) is 11.1. The fourth-order valence-corrected chi connectivity index (χ4v) is 0.994. The molecule has 0 aliphatic heterocycles. The Morgan fingerprint density at radius 2 is 2.08 bits per heavy atom. The molecule has 0 radical (unpaired) electrons. The van der Waals surface area contributed by atoms with Gasteiger partial charge in [0.05, 0.1) is 0 Å². The summed E-state index contributed by atoms with van der Waals surface area (Å²) in [7, 11) is 3.60. The molecule has 0 aromatic heterocycles. The summed E-state index contributed by atoms with van der Waals surface area (Å²) < 4.78 is 0. The van der Waals surface area contributed by atoms with Crippen LogP contribution in [0.15, 0.2) is 0 Å². The second kappa shape index (κ2) is 5.97. The molecule has 1 atom stereocenters. The van der Waals surface area contributed by atoms with E-state index < -0.39 is 0 Å². The van der Waals surface area contributed by atoms with Gasteiger partial charge in [-0.05, 0) is 13.5 Å². The summed E-state index contributed by atoms with van der Waals surface area (Å²) in [6, 6.07) is 0.245. The van der Waals surface area contributed by atoms with Crippen LogP contribution in [0.1, 0.15) is 20.3 Å². The lowest BCUT2D eigenvalue weighted by molar-refractivity contribution is -0.125. The van der Waals surface area contributed by atoms with Gasteiger partial charge in [-0.15, -0.1) is 0 Å². The van der Waals surface area contributed by atoms with Crippen LogP contribution in [0, 0.1) is 0 Å². The zero-order valence-corrected chi connectivity index (χ0v) is 8.35. The molecule has 0 rings (SSSR count). The van der Waals surface area contributed by atoms with Crippen LogP contribution in [-0.4, -0.2) is 37.6 Å². The maximum absolute atomic E-state index is 11.1. The minimum Gasteiger partial charge on any atom is -0.314 e. The Hall–Kier alpha value is -0.610. The molecule has 0 saturated carbocycles. The minimum absolute atomic E-state index is 0.0495. The summed E-state index contributed by atoms with van der Waals surface area (Å²) in [6.07, 6.45) is 0.520. The van der Waals surface area contributed by atoms with Crippen molar-refractivity contribution in [2.24, 2.45) is 0 Å². The van der Waals surface area contributed by atoms with Crippen molar-refractivity contribution in [3.8, 4) is 0 Å². The molecule has 0 heterocycles. The van der Waals surface area contributed by atoms with E-state index in [0.717, 1.165) is 6.54 Å². The summed E-state index contributed by atoms with van der Waals surface area (Å²) in [6.45, 7) is 4.93. The van der Waals surface area contributed by atoms with Crippen molar-refractivity contribution in [2.45, 2.75) is 26.3 Å². The highest BCUT2D eigenvalue weighted by Crippen LogP contribution is 1.89. The van der Waals surface area contributed by atoms with Gasteiger partial charge in [0.2, 0.25) is 5.91 Å². The maximum atomic E-state index is 11.1. The van der Waals surface area contributed by atoms with E-state index in [0.29, 0.717) is 6.42 Å². The Kier molecular flexibility index (Phi) is 5.66. The number of amides is 1.